The van der Waals surface area contributed by atoms with Gasteiger partial charge in [0.25, 0.3) is 5.91 Å². The van der Waals surface area contributed by atoms with Gasteiger partial charge in [0.15, 0.2) is 0 Å². The Morgan fingerprint density at radius 1 is 1.16 bits per heavy atom. The van der Waals surface area contributed by atoms with E-state index >= 15 is 4.39 Å². The van der Waals surface area contributed by atoms with E-state index in [1.54, 1.807) is 24.0 Å². The van der Waals surface area contributed by atoms with Gasteiger partial charge in [0, 0.05) is 32.2 Å². The molecule has 2 aromatic rings. The normalized spacial score (nSPS) is 17.4. The minimum Gasteiger partial charge on any atom is -0.450 e. The Hall–Kier alpha value is -4.36. The molecule has 1 atom stereocenters. The van der Waals surface area contributed by atoms with Gasteiger partial charge < -0.3 is 34.4 Å². The van der Waals surface area contributed by atoms with Crippen LogP contribution in [0.2, 0.25) is 0 Å². The van der Waals surface area contributed by atoms with Crippen LogP contribution in [0, 0.1) is 5.82 Å². The number of alkyl carbamates (subject to hydrolysis) is 1. The number of halogens is 1. The number of carbonyl (C=O) groups excluding carboxylic acids is 4. The molecule has 1 unspecified atom stereocenters. The van der Waals surface area contributed by atoms with E-state index < -0.39 is 30.0 Å². The van der Waals surface area contributed by atoms with Gasteiger partial charge in [-0.25, -0.2) is 14.0 Å². The Bertz CT molecular complexity index is 1140. The molecule has 0 aliphatic carbocycles. The van der Waals surface area contributed by atoms with Crippen molar-refractivity contribution in [1.82, 2.24) is 20.7 Å². The summed E-state index contributed by atoms with van der Waals surface area (Å²) in [5.74, 6) is -1.29. The van der Waals surface area contributed by atoms with Crippen molar-refractivity contribution in [3.8, 4) is 0 Å². The van der Waals surface area contributed by atoms with Crippen LogP contribution in [0.5, 0.6) is 0 Å². The summed E-state index contributed by atoms with van der Waals surface area (Å²) in [5.41, 5.74) is 0.684. The van der Waals surface area contributed by atoms with Crippen LogP contribution in [0.25, 0.3) is 0 Å². The number of nitrogens with one attached hydrogen (secondary N) is 2. The van der Waals surface area contributed by atoms with E-state index in [1.807, 2.05) is 4.90 Å². The van der Waals surface area contributed by atoms with E-state index in [0.717, 1.165) is 0 Å². The van der Waals surface area contributed by atoms with Crippen molar-refractivity contribution in [2.75, 3.05) is 62.2 Å². The SMILES string of the molecule is CCOC(=O)NCC1CN(c2ccc(N3CCN(C(=O)CNC(=O)c4ccno4)CC3)c(F)c2)C(=O)O1. The first kappa shape index (κ1) is 25.7. The molecule has 13 nitrogen and oxygen atoms in total. The van der Waals surface area contributed by atoms with Gasteiger partial charge in [0.1, 0.15) is 11.9 Å². The Morgan fingerprint density at radius 3 is 2.62 bits per heavy atom. The third kappa shape index (κ3) is 6.26. The molecule has 0 saturated carbocycles. The maximum Gasteiger partial charge on any atom is 0.414 e. The molecular formula is C23H27FN6O7. The fourth-order valence-corrected chi connectivity index (χ4v) is 4.02. The number of hydrogen-bond donors (Lipinski definition) is 2. The summed E-state index contributed by atoms with van der Waals surface area (Å²) in [7, 11) is 0. The number of hydrogen-bond acceptors (Lipinski definition) is 9. The Labute approximate surface area is 211 Å². The maximum absolute atomic E-state index is 15.0. The van der Waals surface area contributed by atoms with Crippen LogP contribution in [0.1, 0.15) is 17.5 Å². The molecule has 2 fully saturated rings. The highest BCUT2D eigenvalue weighted by molar-refractivity contribution is 5.94. The highest BCUT2D eigenvalue weighted by Gasteiger charge is 2.33. The number of rotatable bonds is 8. The lowest BCUT2D eigenvalue weighted by Gasteiger charge is -2.36. The second-order valence-electron chi connectivity index (χ2n) is 8.28. The van der Waals surface area contributed by atoms with Crippen LogP contribution in [0.15, 0.2) is 35.0 Å². The van der Waals surface area contributed by atoms with E-state index in [0.29, 0.717) is 37.6 Å². The summed E-state index contributed by atoms with van der Waals surface area (Å²) < 4.78 is 29.8. The van der Waals surface area contributed by atoms with Crippen LogP contribution >= 0.6 is 0 Å². The lowest BCUT2D eigenvalue weighted by molar-refractivity contribution is -0.130. The maximum atomic E-state index is 15.0. The van der Waals surface area contributed by atoms with Crippen LogP contribution in [0.4, 0.5) is 25.4 Å². The van der Waals surface area contributed by atoms with E-state index in [4.69, 9.17) is 14.0 Å². The zero-order valence-corrected chi connectivity index (χ0v) is 20.1. The molecule has 3 heterocycles. The average molecular weight is 519 g/mol. The fourth-order valence-electron chi connectivity index (χ4n) is 4.02. The third-order valence-corrected chi connectivity index (χ3v) is 5.90. The van der Waals surface area contributed by atoms with Gasteiger partial charge in [-0.1, -0.05) is 5.16 Å². The van der Waals surface area contributed by atoms with Crippen molar-refractivity contribution >= 4 is 35.4 Å². The van der Waals surface area contributed by atoms with Gasteiger partial charge in [-0.05, 0) is 25.1 Å². The summed E-state index contributed by atoms with van der Waals surface area (Å²) in [5, 5.41) is 8.44. The third-order valence-electron chi connectivity index (χ3n) is 5.90. The van der Waals surface area contributed by atoms with Gasteiger partial charge in [-0.2, -0.15) is 0 Å². The molecule has 2 aliphatic heterocycles. The second kappa shape index (κ2) is 11.6. The van der Waals surface area contributed by atoms with Crippen molar-refractivity contribution in [1.29, 1.82) is 0 Å². The predicted molar refractivity (Wildman–Crippen MR) is 127 cm³/mol. The van der Waals surface area contributed by atoms with Crippen LogP contribution in [0.3, 0.4) is 0 Å². The molecule has 2 N–H and O–H groups in total. The molecule has 4 rings (SSSR count). The predicted octanol–water partition coefficient (Wildman–Crippen LogP) is 0.964. The Morgan fingerprint density at radius 2 is 1.95 bits per heavy atom. The number of ether oxygens (including phenoxy) is 2. The molecule has 1 aromatic heterocycles. The van der Waals surface area contributed by atoms with Crippen molar-refractivity contribution in [3.05, 3.63) is 42.0 Å². The topological polar surface area (TPSA) is 147 Å². The quantitative estimate of drug-likeness (QED) is 0.522. The van der Waals surface area contributed by atoms with E-state index in [2.05, 4.69) is 15.8 Å². The first-order chi connectivity index (χ1) is 17.9. The highest BCUT2D eigenvalue weighted by atomic mass is 19.1. The average Bonchev–Trinajstić information content (AvgIpc) is 3.56. The number of nitrogens with zero attached hydrogens (tertiary/aromatic N) is 4. The summed E-state index contributed by atoms with van der Waals surface area (Å²) in [6.45, 7) is 3.44. The standard InChI is InChI=1S/C23H27FN6O7/c1-2-35-22(33)26-12-16-14-30(23(34)36-16)15-3-4-18(17(24)11-15)28-7-9-29(10-8-28)20(31)13-25-21(32)19-5-6-27-37-19/h3-6,11,16H,2,7-10,12-14H2,1H3,(H,25,32)(H,26,33). The van der Waals surface area contributed by atoms with Crippen LogP contribution < -0.4 is 20.4 Å². The van der Waals surface area contributed by atoms with Gasteiger partial charge in [-0.3, -0.25) is 14.5 Å². The van der Waals surface area contributed by atoms with Crippen LogP contribution in [-0.4, -0.2) is 92.6 Å². The van der Waals surface area contributed by atoms with E-state index in [1.165, 1.54) is 23.2 Å². The minimum absolute atomic E-state index is 0.0163. The van der Waals surface area contributed by atoms with Gasteiger partial charge in [0.2, 0.25) is 11.7 Å². The molecule has 14 heteroatoms. The molecule has 2 aliphatic rings. The Balaban J connectivity index is 1.27. The van der Waals surface area contributed by atoms with Crippen LogP contribution in [-0.2, 0) is 14.3 Å². The lowest BCUT2D eigenvalue weighted by atomic mass is 10.2. The fraction of sp³-hybridized carbons (Fsp3) is 0.435. The van der Waals surface area contributed by atoms with Crippen molar-refractivity contribution in [3.63, 3.8) is 0 Å². The molecule has 0 bridgehead atoms. The van der Waals surface area contributed by atoms with Gasteiger partial charge >= 0.3 is 12.2 Å². The number of benzene rings is 1. The number of piperazine rings is 1. The smallest absolute Gasteiger partial charge is 0.414 e. The van der Waals surface area contributed by atoms with Gasteiger partial charge in [0.05, 0.1) is 43.8 Å². The molecular weight excluding hydrogens is 491 g/mol. The molecule has 0 radical (unpaired) electrons. The number of aromatic nitrogens is 1. The monoisotopic (exact) mass is 518 g/mol. The number of carbonyl (C=O) groups is 4. The van der Waals surface area contributed by atoms with E-state index in [-0.39, 0.29) is 37.9 Å². The minimum atomic E-state index is -0.634. The van der Waals surface area contributed by atoms with Crippen molar-refractivity contribution in [2.24, 2.45) is 0 Å². The first-order valence-electron chi connectivity index (χ1n) is 11.8. The molecule has 198 valence electrons. The number of amides is 4. The Kier molecular flexibility index (Phi) is 8.05. The molecule has 1 aromatic carbocycles. The summed E-state index contributed by atoms with van der Waals surface area (Å²) in [6, 6.07) is 5.86. The number of anilines is 2. The lowest BCUT2D eigenvalue weighted by Crippen LogP contribution is -2.51. The molecule has 2 saturated heterocycles. The van der Waals surface area contributed by atoms with Gasteiger partial charge in [-0.15, -0.1) is 0 Å². The highest BCUT2D eigenvalue weighted by Crippen LogP contribution is 2.28. The zero-order valence-electron chi connectivity index (χ0n) is 20.1. The summed E-state index contributed by atoms with van der Waals surface area (Å²) >= 11 is 0. The summed E-state index contributed by atoms with van der Waals surface area (Å²) in [4.78, 5) is 52.7. The molecule has 0 spiro atoms. The van der Waals surface area contributed by atoms with Crippen molar-refractivity contribution < 1.29 is 37.6 Å². The molecule has 37 heavy (non-hydrogen) atoms. The largest absolute Gasteiger partial charge is 0.450 e. The first-order valence-corrected chi connectivity index (χ1v) is 11.8. The zero-order chi connectivity index (χ0) is 26.4. The van der Waals surface area contributed by atoms with E-state index in [9.17, 15) is 19.2 Å². The molecule has 4 amide bonds. The summed E-state index contributed by atoms with van der Waals surface area (Å²) in [6.07, 6.45) is -0.497. The second-order valence-corrected chi connectivity index (χ2v) is 8.28. The number of cyclic esters (lactones) is 1. The van der Waals surface area contributed by atoms with Crippen molar-refractivity contribution in [2.45, 2.75) is 13.0 Å².